The van der Waals surface area contributed by atoms with Gasteiger partial charge in [-0.25, -0.2) is 4.79 Å². The summed E-state index contributed by atoms with van der Waals surface area (Å²) in [4.78, 5) is 13.5. The number of rotatable bonds is 4. The summed E-state index contributed by atoms with van der Waals surface area (Å²) in [6.07, 6.45) is 8.60. The molecule has 0 spiro atoms. The molecule has 0 amide bonds. The number of para-hydroxylation sites is 1. The van der Waals surface area contributed by atoms with E-state index in [1.165, 1.54) is 44.1 Å². The Balaban J connectivity index is 1.17. The number of nitrogens with zero attached hydrogens (tertiary/aromatic N) is 1. The Kier molecular flexibility index (Phi) is 5.41. The average Bonchev–Trinajstić information content (AvgIpc) is 2.87. The Labute approximate surface area is 207 Å². The van der Waals surface area contributed by atoms with Crippen molar-refractivity contribution >= 4 is 17.3 Å². The summed E-state index contributed by atoms with van der Waals surface area (Å²) in [6.45, 7) is 0. The minimum absolute atomic E-state index is 0.288. The number of hydrogen-bond donors (Lipinski definition) is 1. The van der Waals surface area contributed by atoms with Gasteiger partial charge in [-0.05, 0) is 116 Å². The van der Waals surface area contributed by atoms with Crippen LogP contribution in [0.1, 0.15) is 65.6 Å². The van der Waals surface area contributed by atoms with Crippen molar-refractivity contribution in [1.29, 1.82) is 0 Å². The van der Waals surface area contributed by atoms with Crippen molar-refractivity contribution in [2.45, 2.75) is 43.9 Å². The van der Waals surface area contributed by atoms with Crippen LogP contribution in [-0.4, -0.2) is 18.1 Å². The van der Waals surface area contributed by atoms with Crippen LogP contribution in [0, 0.1) is 29.6 Å². The van der Waals surface area contributed by atoms with Crippen LogP contribution < -0.4 is 4.90 Å². The van der Waals surface area contributed by atoms with Crippen molar-refractivity contribution in [2.24, 2.45) is 17.8 Å². The van der Waals surface area contributed by atoms with Crippen LogP contribution in [0.2, 0.25) is 0 Å². The van der Waals surface area contributed by atoms with E-state index in [0.29, 0.717) is 11.1 Å². The Hall–Kier alpha value is -3.51. The van der Waals surface area contributed by atoms with Crippen LogP contribution >= 0.6 is 0 Å². The highest BCUT2D eigenvalue weighted by molar-refractivity contribution is 5.95. The van der Waals surface area contributed by atoms with Crippen molar-refractivity contribution in [3.8, 4) is 11.8 Å². The minimum atomic E-state index is -0.927. The molecule has 0 aromatic heterocycles. The number of hydrogen-bond acceptors (Lipinski definition) is 2. The Morgan fingerprint density at radius 2 is 1.31 bits per heavy atom. The van der Waals surface area contributed by atoms with Gasteiger partial charge in [0.05, 0.1) is 11.3 Å². The summed E-state index contributed by atoms with van der Waals surface area (Å²) in [5.74, 6) is 8.56. The first kappa shape index (κ1) is 22.0. The van der Waals surface area contributed by atoms with Crippen LogP contribution in [0.4, 0.5) is 11.4 Å². The highest BCUT2D eigenvalue weighted by Gasteiger charge is 2.51. The Bertz CT molecular complexity index is 1270. The molecule has 0 heterocycles. The molecular formula is C32H31NO2. The second-order valence-corrected chi connectivity index (χ2v) is 11.0. The van der Waals surface area contributed by atoms with Crippen molar-refractivity contribution in [1.82, 2.24) is 0 Å². The van der Waals surface area contributed by atoms with Crippen molar-refractivity contribution in [3.05, 3.63) is 95.1 Å². The molecule has 4 bridgehead atoms. The molecule has 4 fully saturated rings. The van der Waals surface area contributed by atoms with Gasteiger partial charge < -0.3 is 10.0 Å². The lowest BCUT2D eigenvalue weighted by molar-refractivity contribution is -0.00519. The van der Waals surface area contributed by atoms with Crippen molar-refractivity contribution in [3.63, 3.8) is 0 Å². The van der Waals surface area contributed by atoms with Gasteiger partial charge in [0.15, 0.2) is 0 Å². The molecular weight excluding hydrogens is 430 g/mol. The van der Waals surface area contributed by atoms with Gasteiger partial charge in [-0.2, -0.15) is 0 Å². The molecule has 3 aromatic rings. The van der Waals surface area contributed by atoms with Crippen LogP contribution in [0.15, 0.2) is 72.8 Å². The lowest BCUT2D eigenvalue weighted by Gasteiger charge is -2.57. The van der Waals surface area contributed by atoms with E-state index in [9.17, 15) is 9.90 Å². The second-order valence-electron chi connectivity index (χ2n) is 11.0. The molecule has 0 aliphatic heterocycles. The maximum absolute atomic E-state index is 11.6. The molecule has 3 aromatic carbocycles. The first-order chi connectivity index (χ1) is 17.0. The highest BCUT2D eigenvalue weighted by atomic mass is 16.4. The summed E-state index contributed by atoms with van der Waals surface area (Å²) in [6, 6.07) is 24.1. The monoisotopic (exact) mass is 461 g/mol. The van der Waals surface area contributed by atoms with E-state index in [0.717, 1.165) is 34.6 Å². The molecule has 0 atom stereocenters. The normalized spacial score (nSPS) is 26.1. The number of anilines is 2. The van der Waals surface area contributed by atoms with Crippen LogP contribution in [0.3, 0.4) is 0 Å². The van der Waals surface area contributed by atoms with E-state index >= 15 is 0 Å². The zero-order valence-corrected chi connectivity index (χ0v) is 20.2. The number of carbonyl (C=O) groups is 1. The quantitative estimate of drug-likeness (QED) is 0.425. The first-order valence-corrected chi connectivity index (χ1v) is 12.8. The van der Waals surface area contributed by atoms with Gasteiger partial charge in [-0.3, -0.25) is 0 Å². The van der Waals surface area contributed by atoms with E-state index < -0.39 is 5.97 Å². The average molecular weight is 462 g/mol. The van der Waals surface area contributed by atoms with E-state index in [1.807, 2.05) is 48.3 Å². The zero-order valence-electron chi connectivity index (χ0n) is 20.2. The van der Waals surface area contributed by atoms with Gasteiger partial charge in [0.25, 0.3) is 0 Å². The topological polar surface area (TPSA) is 40.5 Å². The molecule has 35 heavy (non-hydrogen) atoms. The van der Waals surface area contributed by atoms with Gasteiger partial charge in [0.2, 0.25) is 0 Å². The maximum Gasteiger partial charge on any atom is 0.337 e. The number of carboxylic acids is 1. The van der Waals surface area contributed by atoms with E-state index in [-0.39, 0.29) is 5.56 Å². The predicted molar refractivity (Wildman–Crippen MR) is 140 cm³/mol. The van der Waals surface area contributed by atoms with E-state index in [1.54, 1.807) is 12.1 Å². The second kappa shape index (κ2) is 8.61. The Morgan fingerprint density at radius 3 is 1.86 bits per heavy atom. The molecule has 3 heteroatoms. The lowest BCUT2D eigenvalue weighted by atomic mass is 9.48. The number of carboxylic acid groups (broad SMARTS) is 1. The summed E-state index contributed by atoms with van der Waals surface area (Å²) in [5.41, 5.74) is 5.84. The maximum atomic E-state index is 11.6. The third-order valence-corrected chi connectivity index (χ3v) is 8.64. The fourth-order valence-corrected chi connectivity index (χ4v) is 7.37. The fraction of sp³-hybridized carbons (Fsp3) is 0.344. The third kappa shape index (κ3) is 4.12. The highest BCUT2D eigenvalue weighted by Crippen LogP contribution is 2.60. The molecule has 4 aliphatic rings. The fourth-order valence-electron chi connectivity index (χ4n) is 7.37. The van der Waals surface area contributed by atoms with E-state index in [2.05, 4.69) is 36.1 Å². The summed E-state index contributed by atoms with van der Waals surface area (Å²) >= 11 is 0. The van der Waals surface area contributed by atoms with Crippen LogP contribution in [0.5, 0.6) is 0 Å². The predicted octanol–water partition coefficient (Wildman–Crippen LogP) is 7.02. The molecule has 1 N–H and O–H groups in total. The molecule has 0 radical (unpaired) electrons. The van der Waals surface area contributed by atoms with Crippen LogP contribution in [0.25, 0.3) is 0 Å². The summed E-state index contributed by atoms with van der Waals surface area (Å²) in [5, 5.41) is 9.49. The molecule has 0 unspecified atom stereocenters. The third-order valence-electron chi connectivity index (χ3n) is 8.64. The van der Waals surface area contributed by atoms with Gasteiger partial charge in [-0.1, -0.05) is 36.1 Å². The van der Waals surface area contributed by atoms with Crippen LogP contribution in [-0.2, 0) is 5.41 Å². The molecule has 176 valence electrons. The molecule has 3 nitrogen and oxygen atoms in total. The largest absolute Gasteiger partial charge is 0.478 e. The number of aromatic carboxylic acids is 1. The van der Waals surface area contributed by atoms with E-state index in [4.69, 9.17) is 0 Å². The van der Waals surface area contributed by atoms with Crippen molar-refractivity contribution in [2.75, 3.05) is 11.9 Å². The first-order valence-electron chi connectivity index (χ1n) is 12.8. The van der Waals surface area contributed by atoms with Gasteiger partial charge >= 0.3 is 5.97 Å². The molecule has 7 rings (SSSR count). The summed E-state index contributed by atoms with van der Waals surface area (Å²) in [7, 11) is 1.88. The van der Waals surface area contributed by atoms with Gasteiger partial charge in [0.1, 0.15) is 0 Å². The molecule has 4 saturated carbocycles. The zero-order chi connectivity index (χ0) is 24.0. The Morgan fingerprint density at radius 1 is 0.800 bits per heavy atom. The molecule has 0 saturated heterocycles. The SMILES string of the molecule is CN(c1ccc(C#Cc2ccc(C34CC5CC(CC(C5)C3)C4)cc2)cc1)c1ccccc1C(=O)O. The molecule has 4 aliphatic carbocycles. The van der Waals surface area contributed by atoms with Crippen molar-refractivity contribution < 1.29 is 9.90 Å². The summed E-state index contributed by atoms with van der Waals surface area (Å²) < 4.78 is 0. The van der Waals surface area contributed by atoms with Gasteiger partial charge in [-0.15, -0.1) is 0 Å². The number of benzene rings is 3. The lowest BCUT2D eigenvalue weighted by Crippen LogP contribution is -2.48. The standard InChI is InChI=1S/C32H31NO2/c1-33(30-5-3-2-4-29(30)31(34)35)28-14-10-23(11-15-28)7-6-22-8-12-27(13-9-22)32-19-24-16-25(20-32)18-26(17-24)21-32/h2-5,8-15,24-26H,16-21H2,1H3,(H,34,35). The smallest absolute Gasteiger partial charge is 0.337 e. The van der Waals surface area contributed by atoms with Gasteiger partial charge in [0, 0.05) is 23.9 Å². The minimum Gasteiger partial charge on any atom is -0.478 e.